The Labute approximate surface area is 121 Å². The van der Waals surface area contributed by atoms with Crippen molar-refractivity contribution in [3.63, 3.8) is 0 Å². The maximum Gasteiger partial charge on any atom is 0.183 e. The van der Waals surface area contributed by atoms with Crippen molar-refractivity contribution in [1.29, 1.82) is 0 Å². The molecule has 0 unspecified atom stereocenters. The summed E-state index contributed by atoms with van der Waals surface area (Å²) in [4.78, 5) is 0. The summed E-state index contributed by atoms with van der Waals surface area (Å²) in [7, 11) is -0.935. The topological polar surface area (TPSA) is 18.5 Å². The van der Waals surface area contributed by atoms with Crippen LogP contribution in [0.25, 0.3) is 11.1 Å². The van der Waals surface area contributed by atoms with E-state index in [1.807, 2.05) is 13.8 Å². The lowest BCUT2D eigenvalue weighted by Crippen LogP contribution is -2.01. The van der Waals surface area contributed by atoms with E-state index >= 15 is 0 Å². The minimum Gasteiger partial charge on any atom is -0.334 e. The van der Waals surface area contributed by atoms with Gasteiger partial charge in [-0.05, 0) is 36.1 Å². The third-order valence-corrected chi connectivity index (χ3v) is 5.53. The first-order valence-electron chi connectivity index (χ1n) is 7.10. The zero-order valence-corrected chi connectivity index (χ0v) is 12.8. The molecule has 3 heteroatoms. The third-order valence-electron chi connectivity index (χ3n) is 3.52. The first-order chi connectivity index (χ1) is 9.86. The van der Waals surface area contributed by atoms with Crippen LogP contribution in [0.3, 0.4) is 0 Å². The molecular weight excluding hydrogens is 267 g/mol. The van der Waals surface area contributed by atoms with Crippen molar-refractivity contribution in [2.24, 2.45) is 0 Å². The molecule has 0 saturated heterocycles. The van der Waals surface area contributed by atoms with E-state index in [9.17, 15) is 0 Å². The Morgan fingerprint density at radius 3 is 1.70 bits per heavy atom. The van der Waals surface area contributed by atoms with Crippen LogP contribution >= 0.6 is 8.38 Å². The van der Waals surface area contributed by atoms with Crippen LogP contribution in [-0.2, 0) is 9.05 Å². The lowest BCUT2D eigenvalue weighted by molar-refractivity contribution is 0.265. The van der Waals surface area contributed by atoms with Gasteiger partial charge in [0.1, 0.15) is 0 Å². The van der Waals surface area contributed by atoms with Crippen molar-refractivity contribution in [3.8, 4) is 11.1 Å². The van der Waals surface area contributed by atoms with Crippen LogP contribution in [0, 0.1) is 0 Å². The van der Waals surface area contributed by atoms with E-state index in [2.05, 4.69) is 48.5 Å². The SMILES string of the molecule is CCOP(OCC)C1c2ccccc2-c2ccccc21. The fourth-order valence-electron chi connectivity index (χ4n) is 2.80. The fourth-order valence-corrected chi connectivity index (χ4v) is 4.58. The van der Waals surface area contributed by atoms with E-state index in [0.29, 0.717) is 13.2 Å². The number of hydrogen-bond acceptors (Lipinski definition) is 2. The van der Waals surface area contributed by atoms with Gasteiger partial charge in [0, 0.05) is 0 Å². The van der Waals surface area contributed by atoms with Gasteiger partial charge < -0.3 is 9.05 Å². The van der Waals surface area contributed by atoms with Gasteiger partial charge in [-0.2, -0.15) is 0 Å². The van der Waals surface area contributed by atoms with Crippen LogP contribution in [0.1, 0.15) is 30.6 Å². The van der Waals surface area contributed by atoms with Gasteiger partial charge in [0.15, 0.2) is 8.38 Å². The normalized spacial score (nSPS) is 13.6. The van der Waals surface area contributed by atoms with Crippen molar-refractivity contribution in [3.05, 3.63) is 59.7 Å². The molecule has 0 spiro atoms. The first kappa shape index (κ1) is 13.8. The molecule has 0 atom stereocenters. The second kappa shape index (κ2) is 6.05. The molecule has 3 rings (SSSR count). The molecule has 0 aromatic heterocycles. The largest absolute Gasteiger partial charge is 0.334 e. The number of rotatable bonds is 5. The van der Waals surface area contributed by atoms with Crippen LogP contribution in [0.4, 0.5) is 0 Å². The molecular formula is C17H19O2P. The molecule has 0 amide bonds. The van der Waals surface area contributed by atoms with Crippen LogP contribution in [-0.4, -0.2) is 13.2 Å². The summed E-state index contributed by atoms with van der Waals surface area (Å²) in [5.74, 6) is 0. The molecule has 2 aromatic rings. The Hall–Kier alpha value is -1.21. The molecule has 1 aliphatic rings. The molecule has 0 bridgehead atoms. The molecule has 0 heterocycles. The quantitative estimate of drug-likeness (QED) is 0.708. The zero-order valence-electron chi connectivity index (χ0n) is 11.9. The van der Waals surface area contributed by atoms with Gasteiger partial charge >= 0.3 is 0 Å². The maximum absolute atomic E-state index is 5.92. The van der Waals surface area contributed by atoms with E-state index in [-0.39, 0.29) is 5.66 Å². The molecule has 0 radical (unpaired) electrons. The first-order valence-corrected chi connectivity index (χ1v) is 8.34. The summed E-state index contributed by atoms with van der Waals surface area (Å²) >= 11 is 0. The van der Waals surface area contributed by atoms with Gasteiger partial charge in [-0.1, -0.05) is 48.5 Å². The Morgan fingerprint density at radius 2 is 1.25 bits per heavy atom. The minimum absolute atomic E-state index is 0.234. The standard InChI is InChI=1S/C17H19O2P/c1-3-18-20(19-4-2)17-15-11-7-5-9-13(15)14-10-6-8-12-16(14)17/h5-12,17H,3-4H2,1-2H3. The summed E-state index contributed by atoms with van der Waals surface area (Å²) in [6.07, 6.45) is 0. The summed E-state index contributed by atoms with van der Waals surface area (Å²) in [6.45, 7) is 5.43. The van der Waals surface area contributed by atoms with Crippen molar-refractivity contribution in [2.45, 2.75) is 19.5 Å². The highest BCUT2D eigenvalue weighted by atomic mass is 31.2. The second-order valence-electron chi connectivity index (χ2n) is 4.70. The Balaban J connectivity index is 2.10. The van der Waals surface area contributed by atoms with E-state index in [0.717, 1.165) is 0 Å². The van der Waals surface area contributed by atoms with Gasteiger partial charge in [0.2, 0.25) is 0 Å². The smallest absolute Gasteiger partial charge is 0.183 e. The predicted molar refractivity (Wildman–Crippen MR) is 83.9 cm³/mol. The van der Waals surface area contributed by atoms with Crippen LogP contribution < -0.4 is 0 Å². The molecule has 0 N–H and O–H groups in total. The Bertz CT molecular complexity index is 546. The lowest BCUT2D eigenvalue weighted by Gasteiger charge is -2.23. The Morgan fingerprint density at radius 1 is 0.800 bits per heavy atom. The summed E-state index contributed by atoms with van der Waals surface area (Å²) in [6, 6.07) is 17.2. The van der Waals surface area contributed by atoms with E-state index < -0.39 is 8.38 Å². The van der Waals surface area contributed by atoms with E-state index in [1.165, 1.54) is 22.3 Å². The zero-order chi connectivity index (χ0) is 13.9. The van der Waals surface area contributed by atoms with Crippen molar-refractivity contribution in [2.75, 3.05) is 13.2 Å². The number of hydrogen-bond donors (Lipinski definition) is 0. The van der Waals surface area contributed by atoms with E-state index in [4.69, 9.17) is 9.05 Å². The molecule has 0 aliphatic heterocycles. The molecule has 2 aromatic carbocycles. The van der Waals surface area contributed by atoms with Crippen LogP contribution in [0.5, 0.6) is 0 Å². The minimum atomic E-state index is -0.935. The van der Waals surface area contributed by atoms with Gasteiger partial charge in [-0.25, -0.2) is 0 Å². The summed E-state index contributed by atoms with van der Waals surface area (Å²) in [5.41, 5.74) is 5.54. The summed E-state index contributed by atoms with van der Waals surface area (Å²) < 4.78 is 11.8. The highest BCUT2D eigenvalue weighted by Crippen LogP contribution is 2.62. The van der Waals surface area contributed by atoms with Crippen LogP contribution in [0.15, 0.2) is 48.5 Å². The average Bonchev–Trinajstić information content (AvgIpc) is 2.82. The molecule has 2 nitrogen and oxygen atoms in total. The summed E-state index contributed by atoms with van der Waals surface area (Å²) in [5, 5.41) is 0. The molecule has 1 aliphatic carbocycles. The van der Waals surface area contributed by atoms with Crippen molar-refractivity contribution in [1.82, 2.24) is 0 Å². The van der Waals surface area contributed by atoms with Crippen LogP contribution in [0.2, 0.25) is 0 Å². The fraction of sp³-hybridized carbons (Fsp3) is 0.294. The monoisotopic (exact) mass is 286 g/mol. The number of benzene rings is 2. The van der Waals surface area contributed by atoms with E-state index in [1.54, 1.807) is 0 Å². The molecule has 104 valence electrons. The third kappa shape index (κ3) is 2.29. The van der Waals surface area contributed by atoms with Crippen molar-refractivity contribution < 1.29 is 9.05 Å². The molecule has 0 fully saturated rings. The molecule has 20 heavy (non-hydrogen) atoms. The highest BCUT2D eigenvalue weighted by Gasteiger charge is 2.35. The second-order valence-corrected chi connectivity index (χ2v) is 6.30. The molecule has 0 saturated carbocycles. The average molecular weight is 286 g/mol. The van der Waals surface area contributed by atoms with Gasteiger partial charge in [-0.15, -0.1) is 0 Å². The number of fused-ring (bicyclic) bond motifs is 3. The maximum atomic E-state index is 5.92. The Kier molecular flexibility index (Phi) is 4.16. The van der Waals surface area contributed by atoms with Gasteiger partial charge in [0.25, 0.3) is 0 Å². The van der Waals surface area contributed by atoms with Gasteiger partial charge in [0.05, 0.1) is 18.9 Å². The van der Waals surface area contributed by atoms with Crippen molar-refractivity contribution >= 4 is 8.38 Å². The predicted octanol–water partition coefficient (Wildman–Crippen LogP) is 5.14. The lowest BCUT2D eigenvalue weighted by atomic mass is 10.1. The van der Waals surface area contributed by atoms with Gasteiger partial charge in [-0.3, -0.25) is 0 Å². The highest BCUT2D eigenvalue weighted by molar-refractivity contribution is 7.48.